The van der Waals surface area contributed by atoms with E-state index < -0.39 is 0 Å². The summed E-state index contributed by atoms with van der Waals surface area (Å²) in [6, 6.07) is 16.5. The van der Waals surface area contributed by atoms with Crippen molar-refractivity contribution in [3.8, 4) is 0 Å². The zero-order valence-corrected chi connectivity index (χ0v) is 13.4. The molecule has 0 radical (unpaired) electrons. The molecular formula is C17H15ClN2S. The van der Waals surface area contributed by atoms with Gasteiger partial charge in [-0.05, 0) is 23.6 Å². The minimum Gasteiger partial charge on any atom is -0.142 e. The first-order valence-electron chi connectivity index (χ1n) is 6.84. The molecule has 3 rings (SSSR count). The van der Waals surface area contributed by atoms with Gasteiger partial charge in [-0.1, -0.05) is 73.6 Å². The Labute approximate surface area is 133 Å². The molecule has 0 unspecified atom stereocenters. The molecule has 2 nitrogen and oxygen atoms in total. The van der Waals surface area contributed by atoms with Crippen molar-refractivity contribution in [1.29, 1.82) is 0 Å². The highest BCUT2D eigenvalue weighted by Crippen LogP contribution is 2.33. The third-order valence-corrected chi connectivity index (χ3v) is 4.65. The molecule has 0 saturated heterocycles. The zero-order chi connectivity index (χ0) is 14.8. The van der Waals surface area contributed by atoms with Gasteiger partial charge in [0.25, 0.3) is 0 Å². The second-order valence-electron chi connectivity index (χ2n) is 5.17. The molecule has 0 N–H and O–H groups in total. The highest BCUT2D eigenvalue weighted by atomic mass is 35.5. The van der Waals surface area contributed by atoms with Crippen LogP contribution in [0.5, 0.6) is 0 Å². The first kappa shape index (κ1) is 14.4. The largest absolute Gasteiger partial charge is 0.159 e. The van der Waals surface area contributed by atoms with Gasteiger partial charge in [-0.25, -0.2) is 0 Å². The van der Waals surface area contributed by atoms with E-state index in [2.05, 4.69) is 48.3 Å². The molecule has 21 heavy (non-hydrogen) atoms. The van der Waals surface area contributed by atoms with Crippen molar-refractivity contribution in [2.75, 3.05) is 0 Å². The van der Waals surface area contributed by atoms with E-state index >= 15 is 0 Å². The van der Waals surface area contributed by atoms with Crippen molar-refractivity contribution in [2.45, 2.75) is 29.7 Å². The lowest BCUT2D eigenvalue weighted by Crippen LogP contribution is -1.90. The number of hydrogen-bond acceptors (Lipinski definition) is 3. The summed E-state index contributed by atoms with van der Waals surface area (Å²) in [6.07, 6.45) is 0. The third-order valence-electron chi connectivity index (χ3n) is 3.37. The molecule has 106 valence electrons. The maximum Gasteiger partial charge on any atom is 0.159 e. The number of fused-ring (bicyclic) bond motifs is 1. The molecule has 3 aromatic rings. The Hall–Kier alpha value is -1.58. The molecule has 2 aromatic carbocycles. The van der Waals surface area contributed by atoms with Crippen molar-refractivity contribution in [3.63, 3.8) is 0 Å². The van der Waals surface area contributed by atoms with Crippen LogP contribution in [0, 0.1) is 0 Å². The molecule has 1 aromatic heterocycles. The van der Waals surface area contributed by atoms with Crippen LogP contribution < -0.4 is 0 Å². The van der Waals surface area contributed by atoms with Gasteiger partial charge in [0.05, 0.1) is 0 Å². The van der Waals surface area contributed by atoms with Crippen molar-refractivity contribution >= 4 is 34.1 Å². The average Bonchev–Trinajstić information content (AvgIpc) is 2.51. The van der Waals surface area contributed by atoms with Gasteiger partial charge in [-0.15, -0.1) is 10.2 Å². The Morgan fingerprint density at radius 3 is 2.24 bits per heavy atom. The highest BCUT2D eigenvalue weighted by molar-refractivity contribution is 7.99. The maximum atomic E-state index is 6.10. The second-order valence-corrected chi connectivity index (χ2v) is 6.59. The summed E-state index contributed by atoms with van der Waals surface area (Å²) in [4.78, 5) is 1.15. The van der Waals surface area contributed by atoms with Gasteiger partial charge in [0.15, 0.2) is 5.15 Å². The molecule has 0 aliphatic heterocycles. The normalized spacial score (nSPS) is 11.2. The van der Waals surface area contributed by atoms with Crippen molar-refractivity contribution < 1.29 is 0 Å². The summed E-state index contributed by atoms with van der Waals surface area (Å²) in [5, 5.41) is 11.6. The molecule has 0 bridgehead atoms. The van der Waals surface area contributed by atoms with E-state index in [1.165, 1.54) is 5.56 Å². The fourth-order valence-electron chi connectivity index (χ4n) is 2.15. The van der Waals surface area contributed by atoms with Crippen LogP contribution in [0.1, 0.15) is 25.3 Å². The quantitative estimate of drug-likeness (QED) is 0.633. The summed E-state index contributed by atoms with van der Waals surface area (Å²) >= 11 is 7.72. The van der Waals surface area contributed by atoms with Crippen molar-refractivity contribution in [3.05, 3.63) is 59.2 Å². The number of aromatic nitrogens is 2. The van der Waals surface area contributed by atoms with Crippen LogP contribution in [0.25, 0.3) is 10.8 Å². The summed E-state index contributed by atoms with van der Waals surface area (Å²) < 4.78 is 0. The highest BCUT2D eigenvalue weighted by Gasteiger charge is 2.09. The lowest BCUT2D eigenvalue weighted by Gasteiger charge is -2.08. The lowest BCUT2D eigenvalue weighted by atomic mass is 10.0. The molecular weight excluding hydrogens is 300 g/mol. The van der Waals surface area contributed by atoms with Crippen LogP contribution in [-0.2, 0) is 0 Å². The monoisotopic (exact) mass is 314 g/mol. The van der Waals surface area contributed by atoms with Gasteiger partial charge in [0, 0.05) is 15.7 Å². The minimum atomic E-state index is 0.449. The number of nitrogens with zero attached hydrogens (tertiary/aromatic N) is 2. The Morgan fingerprint density at radius 1 is 0.905 bits per heavy atom. The Bertz CT molecular complexity index is 769. The number of benzene rings is 2. The van der Waals surface area contributed by atoms with Crippen LogP contribution >= 0.6 is 23.4 Å². The van der Waals surface area contributed by atoms with E-state index in [0.29, 0.717) is 11.1 Å². The number of halogens is 1. The fourth-order valence-corrected chi connectivity index (χ4v) is 3.22. The van der Waals surface area contributed by atoms with Crippen LogP contribution in [0.2, 0.25) is 5.15 Å². The average molecular weight is 315 g/mol. The van der Waals surface area contributed by atoms with Crippen LogP contribution in [0.3, 0.4) is 0 Å². The molecule has 4 heteroatoms. The van der Waals surface area contributed by atoms with E-state index in [4.69, 9.17) is 11.6 Å². The first-order chi connectivity index (χ1) is 10.1. The van der Waals surface area contributed by atoms with Crippen LogP contribution in [0.4, 0.5) is 0 Å². The van der Waals surface area contributed by atoms with Crippen molar-refractivity contribution in [2.24, 2.45) is 0 Å². The first-order valence-corrected chi connectivity index (χ1v) is 8.03. The summed E-state index contributed by atoms with van der Waals surface area (Å²) in [6.45, 7) is 4.39. The predicted molar refractivity (Wildman–Crippen MR) is 89.2 cm³/mol. The molecule has 0 spiro atoms. The molecule has 0 fully saturated rings. The topological polar surface area (TPSA) is 25.8 Å². The number of hydrogen-bond donors (Lipinski definition) is 0. The Morgan fingerprint density at radius 2 is 1.57 bits per heavy atom. The standard InChI is InChI=1S/C17H15ClN2S/c1-11(2)12-7-9-13(10-8-12)21-17-15-6-4-3-5-14(15)16(18)19-20-17/h3-11H,1-2H3. The van der Waals surface area contributed by atoms with E-state index in [-0.39, 0.29) is 0 Å². The van der Waals surface area contributed by atoms with Crippen LogP contribution in [-0.4, -0.2) is 10.2 Å². The van der Waals surface area contributed by atoms with E-state index in [1.54, 1.807) is 11.8 Å². The minimum absolute atomic E-state index is 0.449. The second kappa shape index (κ2) is 6.04. The molecule has 0 aliphatic carbocycles. The molecule has 0 atom stereocenters. The lowest BCUT2D eigenvalue weighted by molar-refractivity contribution is 0.865. The summed E-state index contributed by atoms with van der Waals surface area (Å²) in [5.41, 5.74) is 1.34. The van der Waals surface area contributed by atoms with Gasteiger partial charge in [0.1, 0.15) is 5.03 Å². The van der Waals surface area contributed by atoms with Gasteiger partial charge in [-0.3, -0.25) is 0 Å². The van der Waals surface area contributed by atoms with E-state index in [1.807, 2.05) is 24.3 Å². The van der Waals surface area contributed by atoms with E-state index in [9.17, 15) is 0 Å². The third kappa shape index (κ3) is 3.04. The predicted octanol–water partition coefficient (Wildman–Crippen LogP) is 5.56. The SMILES string of the molecule is CC(C)c1ccc(Sc2nnc(Cl)c3ccccc23)cc1. The van der Waals surface area contributed by atoms with Gasteiger partial charge < -0.3 is 0 Å². The van der Waals surface area contributed by atoms with Crippen LogP contribution in [0.15, 0.2) is 58.5 Å². The van der Waals surface area contributed by atoms with Crippen molar-refractivity contribution in [1.82, 2.24) is 10.2 Å². The van der Waals surface area contributed by atoms with Gasteiger partial charge in [0.2, 0.25) is 0 Å². The Kier molecular flexibility index (Phi) is 4.13. The summed E-state index contributed by atoms with van der Waals surface area (Å²) in [5.74, 6) is 0.542. The zero-order valence-electron chi connectivity index (χ0n) is 11.9. The molecule has 1 heterocycles. The van der Waals surface area contributed by atoms with Gasteiger partial charge in [-0.2, -0.15) is 0 Å². The maximum absolute atomic E-state index is 6.10. The fraction of sp³-hybridized carbons (Fsp3) is 0.176. The summed E-state index contributed by atoms with van der Waals surface area (Å²) in [7, 11) is 0. The number of rotatable bonds is 3. The molecule has 0 aliphatic rings. The Balaban J connectivity index is 1.96. The molecule has 0 saturated carbocycles. The van der Waals surface area contributed by atoms with Gasteiger partial charge >= 0.3 is 0 Å². The molecule has 0 amide bonds. The smallest absolute Gasteiger partial charge is 0.142 e. The van der Waals surface area contributed by atoms with E-state index in [0.717, 1.165) is 20.7 Å².